The third-order valence-electron chi connectivity index (χ3n) is 2.51. The molecular weight excluding hydrogens is 235 g/mol. The third-order valence-corrected chi connectivity index (χ3v) is 2.51. The molecule has 0 aliphatic rings. The first kappa shape index (κ1) is 12.3. The Morgan fingerprint density at radius 2 is 2.28 bits per heavy atom. The fourth-order valence-corrected chi connectivity index (χ4v) is 1.55. The van der Waals surface area contributed by atoms with Crippen molar-refractivity contribution < 1.29 is 9.13 Å². The quantitative estimate of drug-likeness (QED) is 0.881. The van der Waals surface area contributed by atoms with E-state index in [-0.39, 0.29) is 11.6 Å². The summed E-state index contributed by atoms with van der Waals surface area (Å²) in [6, 6.07) is 4.80. The smallest absolute Gasteiger partial charge is 0.167 e. The summed E-state index contributed by atoms with van der Waals surface area (Å²) in [6.45, 7) is 2.81. The molecule has 6 heteroatoms. The largest absolute Gasteiger partial charge is 0.491 e. The molecule has 0 aliphatic carbocycles. The van der Waals surface area contributed by atoms with Crippen molar-refractivity contribution in [3.05, 3.63) is 35.9 Å². The Kier molecular flexibility index (Phi) is 3.76. The van der Waals surface area contributed by atoms with E-state index in [9.17, 15) is 4.39 Å². The van der Waals surface area contributed by atoms with Gasteiger partial charge in [0.2, 0.25) is 0 Å². The molecule has 2 aromatic rings. The fraction of sp³-hybridized carbons (Fsp3) is 0.333. The molecule has 96 valence electrons. The molecule has 0 unspecified atom stereocenters. The molecular formula is C12H15FN4O. The maximum atomic E-state index is 13.6. The van der Waals surface area contributed by atoms with E-state index < -0.39 is 0 Å². The monoisotopic (exact) mass is 250 g/mol. The minimum Gasteiger partial charge on any atom is -0.491 e. The van der Waals surface area contributed by atoms with E-state index in [1.165, 1.54) is 6.07 Å². The zero-order chi connectivity index (χ0) is 13.0. The molecule has 1 aromatic carbocycles. The van der Waals surface area contributed by atoms with E-state index >= 15 is 0 Å². The molecule has 0 radical (unpaired) electrons. The Labute approximate surface area is 105 Å². The van der Waals surface area contributed by atoms with Crippen LogP contribution in [-0.4, -0.2) is 21.6 Å². The van der Waals surface area contributed by atoms with E-state index in [4.69, 9.17) is 4.74 Å². The SMILES string of the molecule is CCOc1ccc(NCc2cnnn2C)cc1F. The molecule has 0 fully saturated rings. The lowest BCUT2D eigenvalue weighted by Crippen LogP contribution is -2.05. The number of rotatable bonds is 5. The molecule has 0 saturated carbocycles. The molecule has 1 N–H and O–H groups in total. The van der Waals surface area contributed by atoms with Gasteiger partial charge in [0, 0.05) is 18.8 Å². The van der Waals surface area contributed by atoms with Gasteiger partial charge in [-0.05, 0) is 19.1 Å². The minimum absolute atomic E-state index is 0.269. The predicted octanol–water partition coefficient (Wildman–Crippen LogP) is 1.96. The number of anilines is 1. The number of aryl methyl sites for hydroxylation is 1. The van der Waals surface area contributed by atoms with Gasteiger partial charge >= 0.3 is 0 Å². The predicted molar refractivity (Wildman–Crippen MR) is 65.9 cm³/mol. The molecule has 0 saturated heterocycles. The van der Waals surface area contributed by atoms with Crippen LogP contribution in [0.25, 0.3) is 0 Å². The highest BCUT2D eigenvalue weighted by Gasteiger charge is 2.05. The Morgan fingerprint density at radius 3 is 2.89 bits per heavy atom. The highest BCUT2D eigenvalue weighted by Crippen LogP contribution is 2.21. The van der Waals surface area contributed by atoms with E-state index in [2.05, 4.69) is 15.6 Å². The van der Waals surface area contributed by atoms with Gasteiger partial charge in [-0.1, -0.05) is 5.21 Å². The first-order valence-electron chi connectivity index (χ1n) is 5.70. The van der Waals surface area contributed by atoms with E-state index in [0.717, 1.165) is 5.69 Å². The number of benzene rings is 1. The van der Waals surface area contributed by atoms with Crippen LogP contribution in [0, 0.1) is 5.82 Å². The first-order chi connectivity index (χ1) is 8.70. The van der Waals surface area contributed by atoms with Gasteiger partial charge < -0.3 is 10.1 Å². The zero-order valence-electron chi connectivity index (χ0n) is 10.4. The van der Waals surface area contributed by atoms with Gasteiger partial charge in [0.1, 0.15) is 0 Å². The van der Waals surface area contributed by atoms with Crippen LogP contribution in [-0.2, 0) is 13.6 Å². The van der Waals surface area contributed by atoms with Crippen molar-refractivity contribution in [2.45, 2.75) is 13.5 Å². The van der Waals surface area contributed by atoms with Gasteiger partial charge in [0.05, 0.1) is 25.0 Å². The van der Waals surface area contributed by atoms with Crippen LogP contribution >= 0.6 is 0 Å². The van der Waals surface area contributed by atoms with Gasteiger partial charge in [-0.15, -0.1) is 5.10 Å². The number of ether oxygens (including phenoxy) is 1. The Hall–Kier alpha value is -2.11. The fourth-order valence-electron chi connectivity index (χ4n) is 1.55. The summed E-state index contributed by atoms with van der Waals surface area (Å²) in [6.07, 6.45) is 1.66. The van der Waals surface area contributed by atoms with Crippen LogP contribution in [0.1, 0.15) is 12.6 Å². The number of hydrogen-bond acceptors (Lipinski definition) is 4. The summed E-state index contributed by atoms with van der Waals surface area (Å²) in [5.74, 6) is -0.102. The Balaban J connectivity index is 2.02. The lowest BCUT2D eigenvalue weighted by Gasteiger charge is -2.09. The van der Waals surface area contributed by atoms with Crippen LogP contribution in [0.15, 0.2) is 24.4 Å². The second-order valence-corrected chi connectivity index (χ2v) is 3.78. The summed E-state index contributed by atoms with van der Waals surface area (Å²) in [4.78, 5) is 0. The van der Waals surface area contributed by atoms with Crippen molar-refractivity contribution in [2.75, 3.05) is 11.9 Å². The number of nitrogens with one attached hydrogen (secondary N) is 1. The average Bonchev–Trinajstić information content (AvgIpc) is 2.76. The molecule has 5 nitrogen and oxygen atoms in total. The molecule has 0 amide bonds. The lowest BCUT2D eigenvalue weighted by molar-refractivity contribution is 0.321. The van der Waals surface area contributed by atoms with Crippen molar-refractivity contribution >= 4 is 5.69 Å². The van der Waals surface area contributed by atoms with Crippen molar-refractivity contribution in [2.24, 2.45) is 7.05 Å². The van der Waals surface area contributed by atoms with Crippen molar-refractivity contribution in [3.63, 3.8) is 0 Å². The molecule has 0 spiro atoms. The molecule has 2 rings (SSSR count). The first-order valence-corrected chi connectivity index (χ1v) is 5.70. The van der Waals surface area contributed by atoms with Crippen molar-refractivity contribution in [3.8, 4) is 5.75 Å². The van der Waals surface area contributed by atoms with Crippen LogP contribution in [0.5, 0.6) is 5.75 Å². The highest BCUT2D eigenvalue weighted by molar-refractivity contribution is 5.47. The summed E-state index contributed by atoms with van der Waals surface area (Å²) < 4.78 is 20.4. The summed E-state index contributed by atoms with van der Waals surface area (Å²) in [5.41, 5.74) is 1.61. The van der Waals surface area contributed by atoms with Gasteiger partial charge in [-0.2, -0.15) is 0 Å². The number of halogens is 1. The van der Waals surface area contributed by atoms with Crippen LogP contribution in [0.2, 0.25) is 0 Å². The molecule has 1 heterocycles. The van der Waals surface area contributed by atoms with Gasteiger partial charge in [-0.3, -0.25) is 4.68 Å². The molecule has 0 aliphatic heterocycles. The standard InChI is InChI=1S/C12H15FN4O/c1-3-18-12-5-4-9(6-11(12)13)14-7-10-8-15-16-17(10)2/h4-6,8,14H,3,7H2,1-2H3. The van der Waals surface area contributed by atoms with Crippen LogP contribution in [0.4, 0.5) is 10.1 Å². The number of hydrogen-bond donors (Lipinski definition) is 1. The molecule has 1 aromatic heterocycles. The van der Waals surface area contributed by atoms with Gasteiger partial charge in [0.15, 0.2) is 11.6 Å². The number of nitrogens with zero attached hydrogens (tertiary/aromatic N) is 3. The normalized spacial score (nSPS) is 10.4. The Bertz CT molecular complexity index is 527. The van der Waals surface area contributed by atoms with E-state index in [1.54, 1.807) is 23.0 Å². The zero-order valence-corrected chi connectivity index (χ0v) is 10.4. The number of aromatic nitrogens is 3. The van der Waals surface area contributed by atoms with Gasteiger partial charge in [-0.25, -0.2) is 4.39 Å². The summed E-state index contributed by atoms with van der Waals surface area (Å²) in [5, 5.41) is 10.7. The third kappa shape index (κ3) is 2.77. The summed E-state index contributed by atoms with van der Waals surface area (Å²) in [7, 11) is 1.81. The van der Waals surface area contributed by atoms with Crippen LogP contribution < -0.4 is 10.1 Å². The van der Waals surface area contributed by atoms with Crippen molar-refractivity contribution in [1.82, 2.24) is 15.0 Å². The van der Waals surface area contributed by atoms with E-state index in [0.29, 0.717) is 18.8 Å². The lowest BCUT2D eigenvalue weighted by atomic mass is 10.3. The topological polar surface area (TPSA) is 52.0 Å². The molecule has 18 heavy (non-hydrogen) atoms. The van der Waals surface area contributed by atoms with E-state index in [1.807, 2.05) is 14.0 Å². The van der Waals surface area contributed by atoms with Crippen molar-refractivity contribution in [1.29, 1.82) is 0 Å². The maximum Gasteiger partial charge on any atom is 0.167 e. The molecule has 0 atom stereocenters. The molecule has 0 bridgehead atoms. The van der Waals surface area contributed by atoms with Gasteiger partial charge in [0.25, 0.3) is 0 Å². The second-order valence-electron chi connectivity index (χ2n) is 3.78. The highest BCUT2D eigenvalue weighted by atomic mass is 19.1. The second kappa shape index (κ2) is 5.48. The maximum absolute atomic E-state index is 13.6. The Morgan fingerprint density at radius 1 is 1.44 bits per heavy atom. The summed E-state index contributed by atoms with van der Waals surface area (Å²) >= 11 is 0. The average molecular weight is 250 g/mol. The minimum atomic E-state index is -0.370. The van der Waals surface area contributed by atoms with Crippen LogP contribution in [0.3, 0.4) is 0 Å².